The standard InChI is InChI=1S/C10H6BrClN4O4S/c11-7-3-6(16(17)18)1-2-8(7)21(19,20)15-10-5-13-4-9(12)14-10/h1-5H,(H,14,15). The van der Waals surface area contributed by atoms with Gasteiger partial charge in [0.25, 0.3) is 15.7 Å². The molecule has 11 heteroatoms. The molecule has 1 aromatic carbocycles. The van der Waals surface area contributed by atoms with Gasteiger partial charge in [0.2, 0.25) is 0 Å². The number of sulfonamides is 1. The number of non-ortho nitro benzene ring substituents is 1. The molecule has 1 N–H and O–H groups in total. The van der Waals surface area contributed by atoms with Crippen LogP contribution in [0.1, 0.15) is 0 Å². The Bertz CT molecular complexity index is 814. The molecule has 2 aromatic rings. The van der Waals surface area contributed by atoms with Crippen LogP contribution in [0, 0.1) is 10.1 Å². The van der Waals surface area contributed by atoms with E-state index in [0.717, 1.165) is 18.2 Å². The van der Waals surface area contributed by atoms with E-state index in [2.05, 4.69) is 30.6 Å². The molecule has 110 valence electrons. The van der Waals surface area contributed by atoms with Gasteiger partial charge in [-0.25, -0.2) is 13.4 Å². The Balaban J connectivity index is 2.38. The number of anilines is 1. The lowest BCUT2D eigenvalue weighted by atomic mass is 10.3. The average molecular weight is 394 g/mol. The predicted molar refractivity (Wildman–Crippen MR) is 78.6 cm³/mol. The number of aromatic nitrogens is 2. The van der Waals surface area contributed by atoms with E-state index in [-0.39, 0.29) is 26.0 Å². The van der Waals surface area contributed by atoms with E-state index in [0.29, 0.717) is 0 Å². The summed E-state index contributed by atoms with van der Waals surface area (Å²) >= 11 is 8.61. The molecule has 8 nitrogen and oxygen atoms in total. The molecule has 0 bridgehead atoms. The van der Waals surface area contributed by atoms with Crippen molar-refractivity contribution in [3.8, 4) is 0 Å². The van der Waals surface area contributed by atoms with Gasteiger partial charge in [0.1, 0.15) is 10.0 Å². The van der Waals surface area contributed by atoms with E-state index in [1.807, 2.05) is 0 Å². The van der Waals surface area contributed by atoms with Crippen LogP contribution in [0.4, 0.5) is 11.5 Å². The molecular formula is C10H6BrClN4O4S. The summed E-state index contributed by atoms with van der Waals surface area (Å²) in [5.74, 6) is -0.0623. The van der Waals surface area contributed by atoms with Gasteiger partial charge in [0.15, 0.2) is 5.82 Å². The number of hydrogen-bond acceptors (Lipinski definition) is 6. The van der Waals surface area contributed by atoms with Crippen LogP contribution >= 0.6 is 27.5 Å². The zero-order valence-electron chi connectivity index (χ0n) is 10.0. The normalized spacial score (nSPS) is 11.1. The van der Waals surface area contributed by atoms with Crippen molar-refractivity contribution in [3.05, 3.63) is 50.3 Å². The lowest BCUT2D eigenvalue weighted by Gasteiger charge is -2.08. The van der Waals surface area contributed by atoms with Crippen LogP contribution in [0.25, 0.3) is 0 Å². The fourth-order valence-corrected chi connectivity index (χ4v) is 3.61. The molecule has 0 radical (unpaired) electrons. The molecule has 0 aliphatic heterocycles. The molecule has 1 aromatic heterocycles. The van der Waals surface area contributed by atoms with Crippen LogP contribution in [-0.2, 0) is 10.0 Å². The van der Waals surface area contributed by atoms with Gasteiger partial charge in [-0.05, 0) is 22.0 Å². The van der Waals surface area contributed by atoms with E-state index in [1.54, 1.807) is 0 Å². The van der Waals surface area contributed by atoms with Crippen molar-refractivity contribution in [2.24, 2.45) is 0 Å². The Kier molecular flexibility index (Phi) is 4.40. The number of nitro benzene ring substituents is 1. The van der Waals surface area contributed by atoms with Crippen LogP contribution in [0.3, 0.4) is 0 Å². The minimum absolute atomic E-state index is 0.0259. The van der Waals surface area contributed by atoms with Gasteiger partial charge in [-0.1, -0.05) is 11.6 Å². The molecule has 2 rings (SSSR count). The summed E-state index contributed by atoms with van der Waals surface area (Å²) in [6.45, 7) is 0. The third kappa shape index (κ3) is 3.65. The Morgan fingerprint density at radius 2 is 2.05 bits per heavy atom. The lowest BCUT2D eigenvalue weighted by molar-refractivity contribution is -0.385. The third-order valence-electron chi connectivity index (χ3n) is 2.26. The van der Waals surface area contributed by atoms with Crippen molar-refractivity contribution in [2.75, 3.05) is 4.72 Å². The molecular weight excluding hydrogens is 388 g/mol. The maximum atomic E-state index is 12.2. The van der Waals surface area contributed by atoms with Crippen molar-refractivity contribution in [1.29, 1.82) is 0 Å². The average Bonchev–Trinajstić information content (AvgIpc) is 2.37. The second-order valence-electron chi connectivity index (χ2n) is 3.70. The van der Waals surface area contributed by atoms with Gasteiger partial charge in [-0.3, -0.25) is 19.8 Å². The summed E-state index contributed by atoms with van der Waals surface area (Å²) < 4.78 is 26.6. The molecule has 0 saturated heterocycles. The summed E-state index contributed by atoms with van der Waals surface area (Å²) in [6, 6.07) is 3.30. The van der Waals surface area contributed by atoms with Crippen molar-refractivity contribution in [1.82, 2.24) is 9.97 Å². The number of benzene rings is 1. The van der Waals surface area contributed by atoms with E-state index in [9.17, 15) is 18.5 Å². The van der Waals surface area contributed by atoms with Crippen molar-refractivity contribution in [2.45, 2.75) is 4.90 Å². The molecule has 0 amide bonds. The van der Waals surface area contributed by atoms with Gasteiger partial charge >= 0.3 is 0 Å². The minimum atomic E-state index is -3.98. The Hall–Kier alpha value is -1.78. The molecule has 1 heterocycles. The molecule has 0 aliphatic carbocycles. The van der Waals surface area contributed by atoms with Crippen molar-refractivity contribution < 1.29 is 13.3 Å². The van der Waals surface area contributed by atoms with Crippen molar-refractivity contribution >= 4 is 49.1 Å². The number of nitrogens with zero attached hydrogens (tertiary/aromatic N) is 3. The van der Waals surface area contributed by atoms with Gasteiger partial charge in [0.05, 0.1) is 17.3 Å². The summed E-state index contributed by atoms with van der Waals surface area (Å²) in [7, 11) is -3.98. The van der Waals surface area contributed by atoms with Crippen molar-refractivity contribution in [3.63, 3.8) is 0 Å². The molecule has 21 heavy (non-hydrogen) atoms. The second-order valence-corrected chi connectivity index (χ2v) is 6.60. The highest BCUT2D eigenvalue weighted by Gasteiger charge is 2.21. The molecule has 0 spiro atoms. The quantitative estimate of drug-likeness (QED) is 0.630. The zero-order chi connectivity index (χ0) is 15.6. The fraction of sp³-hybridized carbons (Fsp3) is 0. The van der Waals surface area contributed by atoms with Gasteiger partial charge in [-0.15, -0.1) is 0 Å². The minimum Gasteiger partial charge on any atom is -0.262 e. The summed E-state index contributed by atoms with van der Waals surface area (Å²) in [5, 5.41) is 10.7. The summed E-state index contributed by atoms with van der Waals surface area (Å²) in [5.41, 5.74) is -0.233. The van der Waals surface area contributed by atoms with E-state index in [4.69, 9.17) is 11.6 Å². The van der Waals surface area contributed by atoms with E-state index < -0.39 is 14.9 Å². The monoisotopic (exact) mass is 392 g/mol. The highest BCUT2D eigenvalue weighted by Crippen LogP contribution is 2.27. The number of hydrogen-bond donors (Lipinski definition) is 1. The third-order valence-corrected chi connectivity index (χ3v) is 4.77. The van der Waals surface area contributed by atoms with Crippen LogP contribution < -0.4 is 4.72 Å². The van der Waals surface area contributed by atoms with Crippen LogP contribution in [-0.4, -0.2) is 23.3 Å². The zero-order valence-corrected chi connectivity index (χ0v) is 13.2. The van der Waals surface area contributed by atoms with E-state index in [1.165, 1.54) is 12.4 Å². The Morgan fingerprint density at radius 1 is 1.33 bits per heavy atom. The summed E-state index contributed by atoms with van der Waals surface area (Å²) in [4.78, 5) is 17.3. The van der Waals surface area contributed by atoms with Crippen LogP contribution in [0.2, 0.25) is 5.15 Å². The number of nitrogens with one attached hydrogen (secondary N) is 1. The first-order valence-corrected chi connectivity index (χ1v) is 7.89. The van der Waals surface area contributed by atoms with Crippen LogP contribution in [0.15, 0.2) is 40.0 Å². The van der Waals surface area contributed by atoms with Gasteiger partial charge < -0.3 is 0 Å². The first-order chi connectivity index (χ1) is 9.79. The number of rotatable bonds is 4. The Morgan fingerprint density at radius 3 is 2.62 bits per heavy atom. The Labute approximate surface area is 132 Å². The molecule has 0 saturated carbocycles. The second kappa shape index (κ2) is 5.92. The molecule has 0 atom stereocenters. The van der Waals surface area contributed by atoms with E-state index >= 15 is 0 Å². The molecule has 0 fully saturated rings. The van der Waals surface area contributed by atoms with Crippen LogP contribution in [0.5, 0.6) is 0 Å². The molecule has 0 unspecified atom stereocenters. The highest BCUT2D eigenvalue weighted by atomic mass is 79.9. The first kappa shape index (κ1) is 15.6. The number of halogens is 2. The topological polar surface area (TPSA) is 115 Å². The fourth-order valence-electron chi connectivity index (χ4n) is 1.41. The first-order valence-electron chi connectivity index (χ1n) is 5.24. The molecule has 0 aliphatic rings. The maximum Gasteiger partial charge on any atom is 0.270 e. The largest absolute Gasteiger partial charge is 0.270 e. The summed E-state index contributed by atoms with van der Waals surface area (Å²) in [6.07, 6.45) is 2.43. The predicted octanol–water partition coefficient (Wildman–Crippen LogP) is 2.60. The lowest BCUT2D eigenvalue weighted by Crippen LogP contribution is -2.14. The van der Waals surface area contributed by atoms with Gasteiger partial charge in [0, 0.05) is 16.6 Å². The smallest absolute Gasteiger partial charge is 0.262 e. The highest BCUT2D eigenvalue weighted by molar-refractivity contribution is 9.10. The SMILES string of the molecule is O=[N+]([O-])c1ccc(S(=O)(=O)Nc2cncc(Cl)n2)c(Br)c1. The maximum absolute atomic E-state index is 12.2. The number of nitro groups is 1. The van der Waals surface area contributed by atoms with Gasteiger partial charge in [-0.2, -0.15) is 0 Å².